The molecule has 1 unspecified atom stereocenters. The van der Waals surface area contributed by atoms with Crippen molar-refractivity contribution in [1.29, 1.82) is 0 Å². The predicted octanol–water partition coefficient (Wildman–Crippen LogP) is 4.88. The van der Waals surface area contributed by atoms with Crippen molar-refractivity contribution >= 4 is 11.8 Å². The molecule has 4 heteroatoms. The quantitative estimate of drug-likeness (QED) is 0.570. The Morgan fingerprint density at radius 2 is 1.53 bits per heavy atom. The second-order valence-corrected chi connectivity index (χ2v) is 8.25. The maximum atomic E-state index is 13.4. The SMILES string of the molecule is CCCCNC(=O)C(CC)N(Cc1ccc(C)cc1)C(=O)Cc1cc(C)cc(C)c1. The summed E-state index contributed by atoms with van der Waals surface area (Å²) in [4.78, 5) is 28.0. The molecule has 0 radical (unpaired) electrons. The molecular weight excluding hydrogens is 372 g/mol. The first-order valence-corrected chi connectivity index (χ1v) is 11.0. The molecule has 0 aliphatic rings. The lowest BCUT2D eigenvalue weighted by Crippen LogP contribution is -2.49. The highest BCUT2D eigenvalue weighted by atomic mass is 16.2. The van der Waals surface area contributed by atoms with Gasteiger partial charge in [0, 0.05) is 13.1 Å². The number of benzene rings is 2. The van der Waals surface area contributed by atoms with Crippen LogP contribution >= 0.6 is 0 Å². The molecule has 4 nitrogen and oxygen atoms in total. The molecule has 0 saturated heterocycles. The van der Waals surface area contributed by atoms with Crippen LogP contribution in [-0.2, 0) is 22.6 Å². The monoisotopic (exact) mass is 408 g/mol. The molecule has 0 heterocycles. The highest BCUT2D eigenvalue weighted by Gasteiger charge is 2.28. The topological polar surface area (TPSA) is 49.4 Å². The van der Waals surface area contributed by atoms with E-state index in [0.717, 1.165) is 35.1 Å². The molecule has 0 aliphatic heterocycles. The summed E-state index contributed by atoms with van der Waals surface area (Å²) >= 11 is 0. The minimum atomic E-state index is -0.471. The van der Waals surface area contributed by atoms with Crippen LogP contribution in [0.3, 0.4) is 0 Å². The second kappa shape index (κ2) is 11.5. The summed E-state index contributed by atoms with van der Waals surface area (Å²) in [7, 11) is 0. The summed E-state index contributed by atoms with van der Waals surface area (Å²) in [6.07, 6.45) is 2.85. The van der Waals surface area contributed by atoms with Crippen molar-refractivity contribution in [2.75, 3.05) is 6.54 Å². The van der Waals surface area contributed by atoms with Gasteiger partial charge in [0.2, 0.25) is 11.8 Å². The number of nitrogens with one attached hydrogen (secondary N) is 1. The summed E-state index contributed by atoms with van der Waals surface area (Å²) in [6, 6.07) is 13.9. The van der Waals surface area contributed by atoms with Crippen molar-refractivity contribution in [2.45, 2.75) is 72.9 Å². The third kappa shape index (κ3) is 7.01. The van der Waals surface area contributed by atoms with E-state index in [0.29, 0.717) is 25.9 Å². The van der Waals surface area contributed by atoms with Crippen LogP contribution in [0.1, 0.15) is 60.9 Å². The zero-order valence-corrected chi connectivity index (χ0v) is 19.1. The fraction of sp³-hybridized carbons (Fsp3) is 0.462. The predicted molar refractivity (Wildman–Crippen MR) is 123 cm³/mol. The van der Waals surface area contributed by atoms with Crippen molar-refractivity contribution in [2.24, 2.45) is 0 Å². The van der Waals surface area contributed by atoms with Gasteiger partial charge in [-0.15, -0.1) is 0 Å². The number of carbonyl (C=O) groups excluding carboxylic acids is 2. The zero-order valence-electron chi connectivity index (χ0n) is 19.1. The lowest BCUT2D eigenvalue weighted by atomic mass is 10.0. The normalized spacial score (nSPS) is 11.8. The minimum absolute atomic E-state index is 0.0157. The number of rotatable bonds is 10. The maximum absolute atomic E-state index is 13.4. The van der Waals surface area contributed by atoms with Crippen molar-refractivity contribution in [3.63, 3.8) is 0 Å². The highest BCUT2D eigenvalue weighted by Crippen LogP contribution is 2.17. The molecule has 0 aliphatic carbocycles. The first-order chi connectivity index (χ1) is 14.3. The van der Waals surface area contributed by atoms with E-state index in [1.165, 1.54) is 5.56 Å². The molecule has 1 N–H and O–H groups in total. The van der Waals surface area contributed by atoms with Crippen LogP contribution in [0, 0.1) is 20.8 Å². The van der Waals surface area contributed by atoms with Gasteiger partial charge in [-0.3, -0.25) is 9.59 Å². The van der Waals surface area contributed by atoms with Crippen LogP contribution in [0.5, 0.6) is 0 Å². The number of carbonyl (C=O) groups is 2. The molecule has 2 rings (SSSR count). The fourth-order valence-electron chi connectivity index (χ4n) is 3.76. The molecule has 0 spiro atoms. The molecule has 2 aromatic carbocycles. The number of nitrogens with zero attached hydrogens (tertiary/aromatic N) is 1. The number of aryl methyl sites for hydroxylation is 3. The van der Waals surface area contributed by atoms with Crippen LogP contribution in [0.25, 0.3) is 0 Å². The van der Waals surface area contributed by atoms with Gasteiger partial charge in [0.25, 0.3) is 0 Å². The van der Waals surface area contributed by atoms with E-state index >= 15 is 0 Å². The molecule has 0 saturated carbocycles. The smallest absolute Gasteiger partial charge is 0.242 e. The van der Waals surface area contributed by atoms with Gasteiger partial charge in [-0.2, -0.15) is 0 Å². The molecule has 1 atom stereocenters. The van der Waals surface area contributed by atoms with Crippen LogP contribution in [-0.4, -0.2) is 29.3 Å². The number of hydrogen-bond donors (Lipinski definition) is 1. The van der Waals surface area contributed by atoms with Gasteiger partial charge in [-0.1, -0.05) is 79.4 Å². The summed E-state index contributed by atoms with van der Waals surface area (Å²) in [5.74, 6) is -0.0788. The van der Waals surface area contributed by atoms with Crippen LogP contribution in [0.15, 0.2) is 42.5 Å². The van der Waals surface area contributed by atoms with Gasteiger partial charge in [0.15, 0.2) is 0 Å². The van der Waals surface area contributed by atoms with Crippen LogP contribution < -0.4 is 5.32 Å². The van der Waals surface area contributed by atoms with Crippen molar-refractivity contribution < 1.29 is 9.59 Å². The van der Waals surface area contributed by atoms with Crippen molar-refractivity contribution in [3.05, 3.63) is 70.3 Å². The lowest BCUT2D eigenvalue weighted by Gasteiger charge is -2.31. The van der Waals surface area contributed by atoms with E-state index in [4.69, 9.17) is 0 Å². The third-order valence-electron chi connectivity index (χ3n) is 5.33. The van der Waals surface area contributed by atoms with Crippen molar-refractivity contribution in [3.8, 4) is 0 Å². The Hall–Kier alpha value is -2.62. The van der Waals surface area contributed by atoms with Crippen LogP contribution in [0.4, 0.5) is 0 Å². The Labute approximate surface area is 181 Å². The van der Waals surface area contributed by atoms with Gasteiger partial charge in [0.05, 0.1) is 6.42 Å². The minimum Gasteiger partial charge on any atom is -0.354 e. The zero-order chi connectivity index (χ0) is 22.1. The summed E-state index contributed by atoms with van der Waals surface area (Å²) in [5.41, 5.74) is 5.50. The standard InChI is InChI=1S/C26H36N2O2/c1-6-8-13-27-26(30)24(7-2)28(18-22-11-9-19(3)10-12-22)25(29)17-23-15-20(4)14-21(5)16-23/h9-12,14-16,24H,6-8,13,17-18H2,1-5H3,(H,27,30). The molecule has 0 bridgehead atoms. The summed E-state index contributed by atoms with van der Waals surface area (Å²) < 4.78 is 0. The van der Waals surface area contributed by atoms with Gasteiger partial charge in [-0.25, -0.2) is 0 Å². The Morgan fingerprint density at radius 1 is 0.900 bits per heavy atom. The maximum Gasteiger partial charge on any atom is 0.242 e. The van der Waals surface area contributed by atoms with Gasteiger partial charge >= 0.3 is 0 Å². The lowest BCUT2D eigenvalue weighted by molar-refractivity contribution is -0.140. The molecule has 2 aromatic rings. The fourth-order valence-corrected chi connectivity index (χ4v) is 3.76. The van der Waals surface area contributed by atoms with Crippen LogP contribution in [0.2, 0.25) is 0 Å². The second-order valence-electron chi connectivity index (χ2n) is 8.25. The Bertz CT molecular complexity index is 822. The molecule has 162 valence electrons. The van der Waals surface area contributed by atoms with E-state index in [1.807, 2.05) is 52.0 Å². The average Bonchev–Trinajstić information content (AvgIpc) is 2.68. The summed E-state index contributed by atoms with van der Waals surface area (Å²) in [5, 5.41) is 3.01. The van der Waals surface area contributed by atoms with E-state index in [9.17, 15) is 9.59 Å². The third-order valence-corrected chi connectivity index (χ3v) is 5.33. The number of hydrogen-bond acceptors (Lipinski definition) is 2. The van der Waals surface area contributed by atoms with Gasteiger partial charge in [0.1, 0.15) is 6.04 Å². The highest BCUT2D eigenvalue weighted by molar-refractivity contribution is 5.88. The molecule has 2 amide bonds. The Morgan fingerprint density at radius 3 is 2.10 bits per heavy atom. The summed E-state index contributed by atoms with van der Waals surface area (Å²) in [6.45, 7) is 11.3. The first-order valence-electron chi connectivity index (χ1n) is 11.0. The van der Waals surface area contributed by atoms with Crippen molar-refractivity contribution in [1.82, 2.24) is 10.2 Å². The Balaban J connectivity index is 2.26. The first kappa shape index (κ1) is 23.7. The molecule has 0 aromatic heterocycles. The van der Waals surface area contributed by atoms with E-state index < -0.39 is 6.04 Å². The average molecular weight is 409 g/mol. The van der Waals surface area contributed by atoms with E-state index in [1.54, 1.807) is 4.90 Å². The molecule has 30 heavy (non-hydrogen) atoms. The largest absolute Gasteiger partial charge is 0.354 e. The molecular formula is C26H36N2O2. The van der Waals surface area contributed by atoms with Gasteiger partial charge < -0.3 is 10.2 Å². The van der Waals surface area contributed by atoms with E-state index in [-0.39, 0.29) is 11.8 Å². The van der Waals surface area contributed by atoms with E-state index in [2.05, 4.69) is 30.4 Å². The number of amides is 2. The molecule has 0 fully saturated rings. The number of unbranched alkanes of at least 4 members (excludes halogenated alkanes) is 1. The Kier molecular flexibility index (Phi) is 9.10. The van der Waals surface area contributed by atoms with Gasteiger partial charge in [-0.05, 0) is 44.7 Å².